The van der Waals surface area contributed by atoms with Crippen molar-refractivity contribution in [2.45, 2.75) is 63.9 Å². The maximum atomic E-state index is 13.4. The van der Waals surface area contributed by atoms with Crippen molar-refractivity contribution in [1.82, 2.24) is 10.2 Å². The van der Waals surface area contributed by atoms with Gasteiger partial charge in [0.25, 0.3) is 5.91 Å². The first-order valence-corrected chi connectivity index (χ1v) is 12.0. The molecule has 1 N–H and O–H groups in total. The molecule has 2 aromatic rings. The maximum Gasteiger partial charge on any atom is 0.261 e. The Morgan fingerprint density at radius 2 is 1.61 bits per heavy atom. The zero-order valence-corrected chi connectivity index (χ0v) is 19.1. The third kappa shape index (κ3) is 5.40. The van der Waals surface area contributed by atoms with Crippen LogP contribution in [0.3, 0.4) is 0 Å². The monoisotopic (exact) mass is 434 g/mol. The van der Waals surface area contributed by atoms with Crippen LogP contribution in [0.15, 0.2) is 59.5 Å². The number of aryl methyl sites for hydroxylation is 2. The minimum absolute atomic E-state index is 0.0146. The van der Waals surface area contributed by atoms with Crippen LogP contribution in [0, 0.1) is 13.8 Å². The van der Waals surface area contributed by atoms with Gasteiger partial charge < -0.3 is 10.2 Å². The molecular formula is C26H30N2O2S. The molecule has 4 rings (SSSR count). The molecule has 2 aliphatic rings. The van der Waals surface area contributed by atoms with Gasteiger partial charge in [-0.05, 0) is 37.8 Å². The predicted octanol–water partition coefficient (Wildman–Crippen LogP) is 4.89. The van der Waals surface area contributed by atoms with E-state index in [0.717, 1.165) is 30.4 Å². The van der Waals surface area contributed by atoms with Crippen LogP contribution in [0.4, 0.5) is 0 Å². The van der Waals surface area contributed by atoms with Crippen molar-refractivity contribution in [2.24, 2.45) is 0 Å². The lowest BCUT2D eigenvalue weighted by Gasteiger charge is -2.44. The first-order chi connectivity index (χ1) is 15.0. The summed E-state index contributed by atoms with van der Waals surface area (Å²) in [6, 6.07) is 16.7. The van der Waals surface area contributed by atoms with Crippen molar-refractivity contribution >= 4 is 23.6 Å². The highest BCUT2D eigenvalue weighted by Gasteiger charge is 2.40. The van der Waals surface area contributed by atoms with Crippen molar-refractivity contribution < 1.29 is 9.59 Å². The van der Waals surface area contributed by atoms with E-state index in [1.165, 1.54) is 23.6 Å². The van der Waals surface area contributed by atoms with Gasteiger partial charge in [-0.15, -0.1) is 11.8 Å². The Morgan fingerprint density at radius 1 is 1.00 bits per heavy atom. The molecule has 2 fully saturated rings. The summed E-state index contributed by atoms with van der Waals surface area (Å²) in [7, 11) is 0. The number of hydrogen-bond acceptors (Lipinski definition) is 3. The van der Waals surface area contributed by atoms with E-state index in [4.69, 9.17) is 0 Å². The second-order valence-electron chi connectivity index (χ2n) is 8.64. The molecule has 5 heteroatoms. The number of hydrogen-bond donors (Lipinski definition) is 1. The average molecular weight is 435 g/mol. The summed E-state index contributed by atoms with van der Waals surface area (Å²) < 4.78 is 0. The number of carbonyl (C=O) groups excluding carboxylic acids is 2. The summed E-state index contributed by atoms with van der Waals surface area (Å²) in [5.41, 5.74) is 4.59. The molecule has 0 bridgehead atoms. The van der Waals surface area contributed by atoms with Crippen molar-refractivity contribution in [3.05, 3.63) is 81.8 Å². The number of nitrogens with one attached hydrogen (secondary N) is 1. The molecule has 2 atom stereocenters. The highest BCUT2D eigenvalue weighted by atomic mass is 32.2. The van der Waals surface area contributed by atoms with Crippen molar-refractivity contribution in [1.29, 1.82) is 0 Å². The van der Waals surface area contributed by atoms with E-state index in [1.807, 2.05) is 36.1 Å². The Labute approximate surface area is 189 Å². The maximum absolute atomic E-state index is 13.4. The SMILES string of the molecule is Cc1ccc(CNC(=O)/C=C2\SC3CCCCC3N(Cc3ccc(C)cc3)C2=O)cc1. The summed E-state index contributed by atoms with van der Waals surface area (Å²) in [6.45, 7) is 5.17. The van der Waals surface area contributed by atoms with E-state index >= 15 is 0 Å². The van der Waals surface area contributed by atoms with Crippen LogP contribution in [-0.2, 0) is 22.7 Å². The summed E-state index contributed by atoms with van der Waals surface area (Å²) >= 11 is 1.60. The quantitative estimate of drug-likeness (QED) is 0.682. The van der Waals surface area contributed by atoms with Crippen LogP contribution >= 0.6 is 11.8 Å². The van der Waals surface area contributed by atoms with Crippen LogP contribution < -0.4 is 5.32 Å². The van der Waals surface area contributed by atoms with Crippen molar-refractivity contribution in [3.63, 3.8) is 0 Å². The Kier molecular flexibility index (Phi) is 6.81. The average Bonchev–Trinajstić information content (AvgIpc) is 2.77. The summed E-state index contributed by atoms with van der Waals surface area (Å²) in [5, 5.41) is 3.30. The topological polar surface area (TPSA) is 49.4 Å². The number of thioether (sulfide) groups is 1. The second-order valence-corrected chi connectivity index (χ2v) is 9.92. The molecule has 0 spiro atoms. The molecule has 162 valence electrons. The molecule has 1 saturated heterocycles. The summed E-state index contributed by atoms with van der Waals surface area (Å²) in [5.74, 6) is -0.222. The van der Waals surface area contributed by atoms with Gasteiger partial charge in [0.2, 0.25) is 5.91 Å². The van der Waals surface area contributed by atoms with Gasteiger partial charge in [-0.1, -0.05) is 72.5 Å². The molecule has 0 radical (unpaired) electrons. The summed E-state index contributed by atoms with van der Waals surface area (Å²) in [4.78, 5) is 28.5. The third-order valence-electron chi connectivity index (χ3n) is 6.14. The molecule has 2 amide bonds. The zero-order chi connectivity index (χ0) is 21.8. The Morgan fingerprint density at radius 3 is 2.29 bits per heavy atom. The molecule has 31 heavy (non-hydrogen) atoms. The van der Waals surface area contributed by atoms with E-state index in [-0.39, 0.29) is 17.9 Å². The Hall–Kier alpha value is -2.53. The van der Waals surface area contributed by atoms with Gasteiger partial charge >= 0.3 is 0 Å². The predicted molar refractivity (Wildman–Crippen MR) is 126 cm³/mol. The van der Waals surface area contributed by atoms with Crippen molar-refractivity contribution in [3.8, 4) is 0 Å². The lowest BCUT2D eigenvalue weighted by Crippen LogP contribution is -2.51. The highest BCUT2D eigenvalue weighted by molar-refractivity contribution is 8.04. The molecule has 1 saturated carbocycles. The minimum Gasteiger partial charge on any atom is -0.348 e. The largest absolute Gasteiger partial charge is 0.348 e. The van der Waals surface area contributed by atoms with Gasteiger partial charge in [0.05, 0.1) is 4.91 Å². The molecule has 2 aromatic carbocycles. The lowest BCUT2D eigenvalue weighted by atomic mass is 9.92. The normalized spacial score (nSPS) is 22.3. The smallest absolute Gasteiger partial charge is 0.261 e. The van der Waals surface area contributed by atoms with Crippen LogP contribution in [0.25, 0.3) is 0 Å². The van der Waals surface area contributed by atoms with Gasteiger partial charge in [0.15, 0.2) is 0 Å². The molecule has 1 heterocycles. The molecule has 2 unspecified atom stereocenters. The van der Waals surface area contributed by atoms with Gasteiger partial charge in [0.1, 0.15) is 0 Å². The van der Waals surface area contributed by atoms with Crippen LogP contribution in [0.5, 0.6) is 0 Å². The Balaban J connectivity index is 1.48. The number of benzene rings is 2. The first-order valence-electron chi connectivity index (χ1n) is 11.1. The number of rotatable bonds is 5. The van der Waals surface area contributed by atoms with Crippen LogP contribution in [-0.4, -0.2) is 28.0 Å². The van der Waals surface area contributed by atoms with Crippen LogP contribution in [0.1, 0.15) is 47.9 Å². The molecule has 1 aliphatic carbocycles. The van der Waals surface area contributed by atoms with Crippen LogP contribution in [0.2, 0.25) is 0 Å². The molecule has 4 nitrogen and oxygen atoms in total. The van der Waals surface area contributed by atoms with Gasteiger partial charge in [0, 0.05) is 30.5 Å². The van der Waals surface area contributed by atoms with E-state index < -0.39 is 0 Å². The van der Waals surface area contributed by atoms with Gasteiger partial charge in [-0.3, -0.25) is 9.59 Å². The number of nitrogens with zero attached hydrogens (tertiary/aromatic N) is 1. The van der Waals surface area contributed by atoms with E-state index in [9.17, 15) is 9.59 Å². The molecule has 0 aromatic heterocycles. The Bertz CT molecular complexity index is 966. The zero-order valence-electron chi connectivity index (χ0n) is 18.3. The van der Waals surface area contributed by atoms with Gasteiger partial charge in [-0.25, -0.2) is 0 Å². The van der Waals surface area contributed by atoms with E-state index in [2.05, 4.69) is 36.5 Å². The number of fused-ring (bicyclic) bond motifs is 1. The van der Waals surface area contributed by atoms with Gasteiger partial charge in [-0.2, -0.15) is 0 Å². The molecular weight excluding hydrogens is 404 g/mol. The fraction of sp³-hybridized carbons (Fsp3) is 0.385. The van der Waals surface area contributed by atoms with E-state index in [0.29, 0.717) is 23.2 Å². The molecule has 1 aliphatic heterocycles. The number of amides is 2. The lowest BCUT2D eigenvalue weighted by molar-refractivity contribution is -0.130. The third-order valence-corrected chi connectivity index (χ3v) is 7.54. The first kappa shape index (κ1) is 21.7. The standard InChI is InChI=1S/C26H30N2O2S/c1-18-7-11-20(12-8-18)16-27-25(29)15-24-26(30)28(17-21-13-9-19(2)10-14-21)22-5-3-4-6-23(22)31-24/h7-15,22-23H,3-6,16-17H2,1-2H3,(H,27,29)/b24-15-. The fourth-order valence-corrected chi connectivity index (χ4v) is 5.76. The summed E-state index contributed by atoms with van der Waals surface area (Å²) in [6.07, 6.45) is 5.99. The second kappa shape index (κ2) is 9.73. The number of carbonyl (C=O) groups is 2. The van der Waals surface area contributed by atoms with Crippen molar-refractivity contribution in [2.75, 3.05) is 0 Å². The van der Waals surface area contributed by atoms with E-state index in [1.54, 1.807) is 11.8 Å². The highest BCUT2D eigenvalue weighted by Crippen LogP contribution is 2.42. The minimum atomic E-state index is -0.207. The fourth-order valence-electron chi connectivity index (χ4n) is 4.32.